The van der Waals surface area contributed by atoms with Gasteiger partial charge < -0.3 is 6.53 Å². The summed E-state index contributed by atoms with van der Waals surface area (Å²) in [6.07, 6.45) is 0. The Morgan fingerprint density at radius 2 is 1.83 bits per heavy atom. The first-order chi connectivity index (χ1) is 1.73. The average molecular weight is 309 g/mol. The number of carboxylic acids is 1. The molecule has 0 aliphatic heterocycles. The number of hydrogen-bond acceptors (Lipinski definition) is 1. The van der Waals surface area contributed by atoms with Crippen molar-refractivity contribution in [3.8, 4) is 0 Å². The minimum atomic E-state index is -0.833. The van der Waals surface area contributed by atoms with Crippen molar-refractivity contribution in [2.45, 2.75) is 6.92 Å². The Morgan fingerprint density at radius 1 is 1.83 bits per heavy atom. The molecule has 0 fully saturated rings. The van der Waals surface area contributed by atoms with Crippen LogP contribution in [0.5, 0.6) is 0 Å². The van der Waals surface area contributed by atoms with Crippen molar-refractivity contribution in [1.82, 2.24) is 0 Å². The molecule has 0 aromatic rings. The topological polar surface area (TPSA) is 37.3 Å². The van der Waals surface area contributed by atoms with Crippen LogP contribution >= 0.6 is 0 Å². The molecule has 0 heterocycles. The van der Waals surface area contributed by atoms with Crippen LogP contribution in [0.25, 0.3) is 0 Å². The van der Waals surface area contributed by atoms with Gasteiger partial charge in [-0.15, -0.1) is 0 Å². The molecule has 2 radical (unpaired) electrons. The standard InChI is InChI=1S/C2H4O2.K.Pb.3H/c1-2(3)4;;;;;/h1H3,(H,3,4);;;;;/q;+1;;;;-1. The molecule has 1 N–H and O–H groups in total. The summed E-state index contributed by atoms with van der Waals surface area (Å²) in [5.74, 6) is -0.833. The molecule has 4 heteroatoms. The predicted molar refractivity (Wildman–Crippen MR) is 23.0 cm³/mol. The Morgan fingerprint density at radius 3 is 1.83 bits per heavy atom. The molecule has 0 spiro atoms. The molecule has 0 bridgehead atoms. The molecule has 6 heavy (non-hydrogen) atoms. The van der Waals surface area contributed by atoms with Crippen LogP contribution in [0.2, 0.25) is 0 Å². The first-order valence-corrected chi connectivity index (χ1v) is 0.928. The van der Waals surface area contributed by atoms with Crippen LogP contribution in [0.1, 0.15) is 8.35 Å². The summed E-state index contributed by atoms with van der Waals surface area (Å²) in [5.41, 5.74) is 0. The summed E-state index contributed by atoms with van der Waals surface area (Å²) in [5, 5.41) is 7.42. The van der Waals surface area contributed by atoms with E-state index in [-0.39, 0.29) is 80.1 Å². The van der Waals surface area contributed by atoms with Crippen LogP contribution < -0.4 is 51.4 Å². The molecule has 32 valence electrons. The van der Waals surface area contributed by atoms with Crippen molar-refractivity contribution in [3.63, 3.8) is 0 Å². The zero-order valence-corrected chi connectivity index (χ0v) is 12.7. The van der Waals surface area contributed by atoms with Gasteiger partial charge in [-0.25, -0.2) is 0 Å². The van der Waals surface area contributed by atoms with Gasteiger partial charge >= 0.3 is 78.7 Å². The number of aliphatic carboxylic acids is 1. The summed E-state index contributed by atoms with van der Waals surface area (Å²) >= 11 is 0. The van der Waals surface area contributed by atoms with E-state index < -0.39 is 5.97 Å². The van der Waals surface area contributed by atoms with Gasteiger partial charge in [0.1, 0.15) is 0 Å². The minimum absolute atomic E-state index is 0. The van der Waals surface area contributed by atoms with E-state index in [1.165, 1.54) is 0 Å². The van der Waals surface area contributed by atoms with Gasteiger partial charge in [-0.1, -0.05) is 0 Å². The Bertz CT molecular complexity index is 38.7. The monoisotopic (exact) mass is 310 g/mol. The molecule has 0 saturated heterocycles. The fourth-order valence-corrected chi connectivity index (χ4v) is 0. The van der Waals surface area contributed by atoms with Crippen molar-refractivity contribution in [2.75, 3.05) is 0 Å². The molecule has 0 saturated carbocycles. The predicted octanol–water partition coefficient (Wildman–Crippen LogP) is -3.71. The summed E-state index contributed by atoms with van der Waals surface area (Å²) in [6, 6.07) is 0. The fraction of sp³-hybridized carbons (Fsp3) is 0.500. The molecule has 0 amide bonds. The maximum absolute atomic E-state index is 9.00. The molecule has 0 aromatic carbocycles. The van der Waals surface area contributed by atoms with E-state index in [2.05, 4.69) is 0 Å². The van der Waals surface area contributed by atoms with Gasteiger partial charge in [0.25, 0.3) is 5.97 Å². The summed E-state index contributed by atoms with van der Waals surface area (Å²) in [6.45, 7) is 1.08. The van der Waals surface area contributed by atoms with Crippen molar-refractivity contribution in [2.24, 2.45) is 0 Å². The Hall–Kier alpha value is 2.03. The Labute approximate surface area is 101 Å². The molecule has 0 aromatic heterocycles. The second-order valence-electron chi connectivity index (χ2n) is 0.519. The van der Waals surface area contributed by atoms with E-state index in [1.54, 1.807) is 0 Å². The number of rotatable bonds is 0. The normalized spacial score (nSPS) is 4.17. The fourth-order valence-electron chi connectivity index (χ4n) is 0. The summed E-state index contributed by atoms with van der Waals surface area (Å²) in [7, 11) is 0. The van der Waals surface area contributed by atoms with Gasteiger partial charge in [0, 0.05) is 6.92 Å². The Kier molecular flexibility index (Phi) is 26.4. The van der Waals surface area contributed by atoms with E-state index >= 15 is 0 Å². The molecule has 0 rings (SSSR count). The SMILES string of the molecule is CC(=O)O.[H-].[K+].[PbH2]. The second-order valence-corrected chi connectivity index (χ2v) is 0.519. The second kappa shape index (κ2) is 10.1. The molecule has 0 atom stereocenters. The van der Waals surface area contributed by atoms with Gasteiger partial charge in [0.2, 0.25) is 0 Å². The molecule has 0 unspecified atom stereocenters. The van der Waals surface area contributed by atoms with E-state index in [4.69, 9.17) is 9.90 Å². The Balaban J connectivity index is -0.0000000150. The van der Waals surface area contributed by atoms with Gasteiger partial charge in [-0.3, -0.25) is 4.79 Å². The third-order valence-corrected chi connectivity index (χ3v) is 0. The molecular formula is C2H7KO2Pb. The van der Waals surface area contributed by atoms with Crippen LogP contribution in [0.15, 0.2) is 0 Å². The molecule has 0 aliphatic rings. The van der Waals surface area contributed by atoms with E-state index in [9.17, 15) is 0 Å². The molecule has 2 nitrogen and oxygen atoms in total. The summed E-state index contributed by atoms with van der Waals surface area (Å²) < 4.78 is 0. The maximum atomic E-state index is 9.00. The van der Waals surface area contributed by atoms with Crippen molar-refractivity contribution < 1.29 is 62.7 Å². The average Bonchev–Trinajstić information content (AvgIpc) is 0.811. The van der Waals surface area contributed by atoms with E-state index in [0.29, 0.717) is 0 Å². The van der Waals surface area contributed by atoms with E-state index in [0.717, 1.165) is 6.92 Å². The third kappa shape index (κ3) is 37.0. The first kappa shape index (κ1) is 15.7. The van der Waals surface area contributed by atoms with Gasteiger partial charge in [-0.05, 0) is 0 Å². The number of carboxylic acid groups (broad SMARTS) is 1. The van der Waals surface area contributed by atoms with Crippen LogP contribution in [0, 0.1) is 0 Å². The zero-order chi connectivity index (χ0) is 3.58. The zero-order valence-electron chi connectivity index (χ0n) is 5.06. The van der Waals surface area contributed by atoms with Gasteiger partial charge in [0.15, 0.2) is 0 Å². The van der Waals surface area contributed by atoms with Crippen molar-refractivity contribution in [3.05, 3.63) is 0 Å². The van der Waals surface area contributed by atoms with Crippen LogP contribution in [0.4, 0.5) is 0 Å². The number of hydrogen-bond donors (Lipinski definition) is 1. The van der Waals surface area contributed by atoms with Crippen molar-refractivity contribution in [1.29, 1.82) is 0 Å². The van der Waals surface area contributed by atoms with E-state index in [1.807, 2.05) is 0 Å². The van der Waals surface area contributed by atoms with Gasteiger partial charge in [-0.2, -0.15) is 0 Å². The molecular weight excluding hydrogens is 302 g/mol. The first-order valence-electron chi connectivity index (χ1n) is 0.928. The quantitative estimate of drug-likeness (QED) is 0.468. The number of carbonyl (C=O) groups is 1. The van der Waals surface area contributed by atoms with Crippen LogP contribution in [-0.4, -0.2) is 38.4 Å². The third-order valence-electron chi connectivity index (χ3n) is 0. The van der Waals surface area contributed by atoms with Crippen molar-refractivity contribution >= 4 is 33.3 Å². The van der Waals surface area contributed by atoms with Gasteiger partial charge in [0.05, 0.1) is 0 Å². The van der Waals surface area contributed by atoms with Crippen LogP contribution in [0.3, 0.4) is 0 Å². The summed E-state index contributed by atoms with van der Waals surface area (Å²) in [4.78, 5) is 9.00. The van der Waals surface area contributed by atoms with Crippen LogP contribution in [-0.2, 0) is 4.79 Å². The molecule has 0 aliphatic carbocycles.